The van der Waals surface area contributed by atoms with Gasteiger partial charge in [0.05, 0.1) is 22.6 Å². The third-order valence-corrected chi connectivity index (χ3v) is 6.67. The molecule has 0 bridgehead atoms. The number of nitrogens with zero attached hydrogens (tertiary/aromatic N) is 1. The van der Waals surface area contributed by atoms with Gasteiger partial charge in [-0.15, -0.1) is 11.3 Å². The van der Waals surface area contributed by atoms with Crippen molar-refractivity contribution in [3.8, 4) is 27.3 Å². The summed E-state index contributed by atoms with van der Waals surface area (Å²) in [5.41, 5.74) is 7.25. The second kappa shape index (κ2) is 9.58. The van der Waals surface area contributed by atoms with Crippen LogP contribution in [0.15, 0.2) is 79.0 Å². The lowest BCUT2D eigenvalue weighted by molar-refractivity contribution is -0.139. The normalized spacial score (nSPS) is 13.5. The molecule has 4 nitrogen and oxygen atoms in total. The van der Waals surface area contributed by atoms with Gasteiger partial charge in [-0.1, -0.05) is 54.6 Å². The zero-order valence-electron chi connectivity index (χ0n) is 18.3. The van der Waals surface area contributed by atoms with Gasteiger partial charge in [0.25, 0.3) is 0 Å². The standard InChI is InChI=1S/C26H23F3N2O2S/c1-25(30,16-32)24-31-14-23(34-24)20-11-12-22(21(13-20)26(27,28)29)33-15-17-7-9-19(10-8-17)18-5-3-2-4-6-18/h2-14,32H,15-16,30H2,1H3. The lowest BCUT2D eigenvalue weighted by Gasteiger charge is -2.18. The fourth-order valence-corrected chi connectivity index (χ4v) is 4.32. The summed E-state index contributed by atoms with van der Waals surface area (Å²) in [4.78, 5) is 4.70. The minimum atomic E-state index is -4.59. The highest BCUT2D eigenvalue weighted by molar-refractivity contribution is 7.15. The van der Waals surface area contributed by atoms with Crippen molar-refractivity contribution in [2.45, 2.75) is 25.2 Å². The molecule has 0 saturated heterocycles. The molecule has 3 aromatic carbocycles. The molecular formula is C26H23F3N2O2S. The van der Waals surface area contributed by atoms with Crippen molar-refractivity contribution in [3.05, 3.63) is 95.1 Å². The molecule has 1 unspecified atom stereocenters. The predicted octanol–water partition coefficient (Wildman–Crippen LogP) is 6.24. The maximum atomic E-state index is 13.8. The zero-order valence-corrected chi connectivity index (χ0v) is 19.2. The Bertz CT molecular complexity index is 1250. The molecule has 4 aromatic rings. The number of benzene rings is 3. The summed E-state index contributed by atoms with van der Waals surface area (Å²) in [6, 6.07) is 21.3. The number of aromatic nitrogens is 1. The van der Waals surface area contributed by atoms with Gasteiger partial charge in [0.15, 0.2) is 0 Å². The molecule has 34 heavy (non-hydrogen) atoms. The van der Waals surface area contributed by atoms with Crippen LogP contribution in [0, 0.1) is 0 Å². The summed E-state index contributed by atoms with van der Waals surface area (Å²) in [6.07, 6.45) is -3.13. The van der Waals surface area contributed by atoms with Gasteiger partial charge in [0.2, 0.25) is 0 Å². The van der Waals surface area contributed by atoms with Gasteiger partial charge in [-0.3, -0.25) is 0 Å². The number of halogens is 3. The van der Waals surface area contributed by atoms with E-state index in [1.54, 1.807) is 13.0 Å². The Morgan fingerprint density at radius 1 is 0.941 bits per heavy atom. The summed E-state index contributed by atoms with van der Waals surface area (Å²) < 4.78 is 47.0. The van der Waals surface area contributed by atoms with E-state index in [9.17, 15) is 18.3 Å². The first-order valence-electron chi connectivity index (χ1n) is 10.5. The van der Waals surface area contributed by atoms with Crippen LogP contribution in [0.4, 0.5) is 13.2 Å². The summed E-state index contributed by atoms with van der Waals surface area (Å²) in [5, 5.41) is 9.86. The number of alkyl halides is 3. The highest BCUT2D eigenvalue weighted by Gasteiger charge is 2.35. The molecule has 0 amide bonds. The first kappa shape index (κ1) is 23.9. The largest absolute Gasteiger partial charge is 0.488 e. The average molecular weight is 485 g/mol. The first-order chi connectivity index (χ1) is 16.2. The van der Waals surface area contributed by atoms with Crippen molar-refractivity contribution in [2.75, 3.05) is 6.61 Å². The van der Waals surface area contributed by atoms with Crippen molar-refractivity contribution in [1.29, 1.82) is 0 Å². The van der Waals surface area contributed by atoms with Gasteiger partial charge in [-0.05, 0) is 47.4 Å². The molecule has 0 aliphatic rings. The van der Waals surface area contributed by atoms with Crippen molar-refractivity contribution < 1.29 is 23.0 Å². The molecular weight excluding hydrogens is 461 g/mol. The Morgan fingerprint density at radius 2 is 1.59 bits per heavy atom. The Kier molecular flexibility index (Phi) is 6.74. The highest BCUT2D eigenvalue weighted by atomic mass is 32.1. The summed E-state index contributed by atoms with van der Waals surface area (Å²) in [7, 11) is 0. The summed E-state index contributed by atoms with van der Waals surface area (Å²) in [6.45, 7) is 1.29. The Balaban J connectivity index is 1.54. The summed E-state index contributed by atoms with van der Waals surface area (Å²) in [5.74, 6) is -0.243. The van der Waals surface area contributed by atoms with E-state index in [1.807, 2.05) is 54.6 Å². The van der Waals surface area contributed by atoms with Crippen molar-refractivity contribution in [3.63, 3.8) is 0 Å². The van der Waals surface area contributed by atoms with Crippen molar-refractivity contribution >= 4 is 11.3 Å². The van der Waals surface area contributed by atoms with Crippen LogP contribution in [0.1, 0.15) is 23.1 Å². The van der Waals surface area contributed by atoms with Gasteiger partial charge in [-0.25, -0.2) is 4.98 Å². The van der Waals surface area contributed by atoms with Crippen LogP contribution in [0.25, 0.3) is 21.6 Å². The number of nitrogens with two attached hydrogens (primary N) is 1. The van der Waals surface area contributed by atoms with Crippen LogP contribution in [-0.2, 0) is 18.3 Å². The van der Waals surface area contributed by atoms with E-state index in [4.69, 9.17) is 10.5 Å². The predicted molar refractivity (Wildman–Crippen MR) is 127 cm³/mol. The average Bonchev–Trinajstić information content (AvgIpc) is 3.34. The van der Waals surface area contributed by atoms with E-state index in [-0.39, 0.29) is 19.0 Å². The van der Waals surface area contributed by atoms with Crippen LogP contribution in [0.5, 0.6) is 5.75 Å². The maximum Gasteiger partial charge on any atom is 0.419 e. The first-order valence-corrected chi connectivity index (χ1v) is 11.3. The van der Waals surface area contributed by atoms with E-state index in [2.05, 4.69) is 4.98 Å². The molecule has 176 valence electrons. The smallest absolute Gasteiger partial charge is 0.419 e. The third kappa shape index (κ3) is 5.30. The van der Waals surface area contributed by atoms with Crippen LogP contribution >= 0.6 is 11.3 Å². The monoisotopic (exact) mass is 484 g/mol. The fourth-order valence-electron chi connectivity index (χ4n) is 3.35. The van der Waals surface area contributed by atoms with Gasteiger partial charge in [-0.2, -0.15) is 13.2 Å². The number of hydrogen-bond acceptors (Lipinski definition) is 5. The molecule has 1 heterocycles. The Labute approximate surface area is 199 Å². The number of thiazole rings is 1. The molecule has 4 rings (SSSR count). The molecule has 3 N–H and O–H groups in total. The highest BCUT2D eigenvalue weighted by Crippen LogP contribution is 2.40. The molecule has 1 atom stereocenters. The number of aliphatic hydroxyl groups excluding tert-OH is 1. The molecule has 0 saturated carbocycles. The van der Waals surface area contributed by atoms with Gasteiger partial charge < -0.3 is 15.6 Å². The van der Waals surface area contributed by atoms with Crippen molar-refractivity contribution in [2.24, 2.45) is 5.73 Å². The Hall–Kier alpha value is -3.20. The van der Waals surface area contributed by atoms with Gasteiger partial charge in [0, 0.05) is 6.20 Å². The van der Waals surface area contributed by atoms with Crippen LogP contribution in [0.3, 0.4) is 0 Å². The SMILES string of the molecule is CC(N)(CO)c1ncc(-c2ccc(OCc3ccc(-c4ccccc4)cc3)c(C(F)(F)F)c2)s1. The number of rotatable bonds is 7. The van der Waals surface area contributed by atoms with E-state index in [1.165, 1.54) is 12.3 Å². The quantitative estimate of drug-likeness (QED) is 0.326. The van der Waals surface area contributed by atoms with E-state index < -0.39 is 17.3 Å². The van der Waals surface area contributed by atoms with Gasteiger partial charge >= 0.3 is 6.18 Å². The molecule has 0 aliphatic heterocycles. The molecule has 0 aliphatic carbocycles. The number of ether oxygens (including phenoxy) is 1. The maximum absolute atomic E-state index is 13.8. The molecule has 0 fully saturated rings. The third-order valence-electron chi connectivity index (χ3n) is 5.35. The minimum absolute atomic E-state index is 0.00420. The number of hydrogen-bond donors (Lipinski definition) is 2. The van der Waals surface area contributed by atoms with Gasteiger partial charge in [0.1, 0.15) is 17.4 Å². The van der Waals surface area contributed by atoms with Crippen molar-refractivity contribution in [1.82, 2.24) is 4.98 Å². The lowest BCUT2D eigenvalue weighted by Crippen LogP contribution is -2.36. The second-order valence-electron chi connectivity index (χ2n) is 8.17. The Morgan fingerprint density at radius 3 is 2.24 bits per heavy atom. The van der Waals surface area contributed by atoms with Crippen LogP contribution in [-0.4, -0.2) is 16.7 Å². The van der Waals surface area contributed by atoms with E-state index in [0.717, 1.165) is 34.1 Å². The van der Waals surface area contributed by atoms with E-state index >= 15 is 0 Å². The molecule has 1 aromatic heterocycles. The number of aliphatic hydroxyl groups is 1. The molecule has 0 radical (unpaired) electrons. The van der Waals surface area contributed by atoms with Crippen LogP contribution in [0.2, 0.25) is 0 Å². The second-order valence-corrected chi connectivity index (χ2v) is 9.20. The lowest BCUT2D eigenvalue weighted by atomic mass is 10.0. The zero-order chi connectivity index (χ0) is 24.3. The fraction of sp³-hybridized carbons (Fsp3) is 0.192. The minimum Gasteiger partial charge on any atom is -0.488 e. The molecule has 0 spiro atoms. The topological polar surface area (TPSA) is 68.4 Å². The summed E-state index contributed by atoms with van der Waals surface area (Å²) >= 11 is 1.15. The van der Waals surface area contributed by atoms with Crippen LogP contribution < -0.4 is 10.5 Å². The molecule has 8 heteroatoms. The van der Waals surface area contributed by atoms with E-state index in [0.29, 0.717) is 15.4 Å².